The van der Waals surface area contributed by atoms with Gasteiger partial charge < -0.3 is 10.1 Å². The number of carbonyl (C=O) groups is 1. The molecule has 1 fully saturated rings. The van der Waals surface area contributed by atoms with Crippen molar-refractivity contribution in [1.82, 2.24) is 30.0 Å². The van der Waals surface area contributed by atoms with E-state index in [1.54, 1.807) is 10.7 Å². The minimum Gasteiger partial charge on any atom is -0.444 e. The van der Waals surface area contributed by atoms with Crippen molar-refractivity contribution < 1.29 is 9.53 Å². The van der Waals surface area contributed by atoms with Gasteiger partial charge >= 0.3 is 6.09 Å². The van der Waals surface area contributed by atoms with E-state index in [4.69, 9.17) is 16.3 Å². The van der Waals surface area contributed by atoms with Gasteiger partial charge in [0.1, 0.15) is 17.1 Å². The van der Waals surface area contributed by atoms with E-state index >= 15 is 0 Å². The quantitative estimate of drug-likeness (QED) is 0.837. The number of aromatic nitrogens is 5. The fourth-order valence-corrected chi connectivity index (χ4v) is 2.43. The van der Waals surface area contributed by atoms with E-state index in [1.165, 1.54) is 6.33 Å². The summed E-state index contributed by atoms with van der Waals surface area (Å²) in [5.74, 6) is 2.20. The lowest BCUT2D eigenvalue weighted by molar-refractivity contribution is 0.0505. The van der Waals surface area contributed by atoms with Crippen LogP contribution in [0, 0.1) is 0 Å². The minimum absolute atomic E-state index is 0.312. The van der Waals surface area contributed by atoms with E-state index in [0.29, 0.717) is 22.7 Å². The first kappa shape index (κ1) is 17.6. The van der Waals surface area contributed by atoms with E-state index in [9.17, 15) is 4.79 Å². The molecule has 1 atom stereocenters. The van der Waals surface area contributed by atoms with Gasteiger partial charge in [-0.25, -0.2) is 19.7 Å². The lowest BCUT2D eigenvalue weighted by Crippen LogP contribution is -2.35. The van der Waals surface area contributed by atoms with Gasteiger partial charge in [0.25, 0.3) is 0 Å². The second-order valence-corrected chi connectivity index (χ2v) is 7.47. The largest absolute Gasteiger partial charge is 0.444 e. The van der Waals surface area contributed by atoms with E-state index in [0.717, 1.165) is 18.7 Å². The Kier molecular flexibility index (Phi) is 4.64. The van der Waals surface area contributed by atoms with Crippen LogP contribution in [0.4, 0.5) is 4.79 Å². The summed E-state index contributed by atoms with van der Waals surface area (Å²) in [6.07, 6.45) is 3.00. The van der Waals surface area contributed by atoms with Gasteiger partial charge in [0, 0.05) is 12.0 Å². The predicted molar refractivity (Wildman–Crippen MR) is 91.7 cm³/mol. The van der Waals surface area contributed by atoms with Gasteiger partial charge in [0.2, 0.25) is 0 Å². The highest BCUT2D eigenvalue weighted by Gasteiger charge is 2.31. The summed E-state index contributed by atoms with van der Waals surface area (Å²) in [6, 6.07) is 1.19. The van der Waals surface area contributed by atoms with Gasteiger partial charge in [0.15, 0.2) is 17.5 Å². The van der Waals surface area contributed by atoms with Gasteiger partial charge in [-0.15, -0.1) is 5.10 Å². The van der Waals surface area contributed by atoms with Crippen LogP contribution >= 0.6 is 11.6 Å². The highest BCUT2D eigenvalue weighted by atomic mass is 35.5. The molecule has 0 aliphatic heterocycles. The molecule has 1 N–H and O–H groups in total. The molecule has 2 aromatic rings. The maximum Gasteiger partial charge on any atom is 0.408 e. The van der Waals surface area contributed by atoms with Crippen LogP contribution in [0.25, 0.3) is 5.82 Å². The molecule has 0 saturated heterocycles. The number of alkyl carbamates (subject to hydrolysis) is 1. The second-order valence-electron chi connectivity index (χ2n) is 7.08. The maximum atomic E-state index is 12.1. The molecule has 8 nitrogen and oxygen atoms in total. The van der Waals surface area contributed by atoms with Gasteiger partial charge in [-0.3, -0.25) is 0 Å². The number of hydrogen-bond donors (Lipinski definition) is 1. The van der Waals surface area contributed by atoms with Crippen LogP contribution in [0.1, 0.15) is 64.1 Å². The fraction of sp³-hybridized carbons (Fsp3) is 0.562. The van der Waals surface area contributed by atoms with Crippen LogP contribution in [-0.4, -0.2) is 36.4 Å². The molecule has 2 aromatic heterocycles. The topological polar surface area (TPSA) is 94.8 Å². The highest BCUT2D eigenvalue weighted by molar-refractivity contribution is 6.29. The summed E-state index contributed by atoms with van der Waals surface area (Å²) in [5.41, 5.74) is -0.573. The van der Waals surface area contributed by atoms with Crippen molar-refractivity contribution in [2.45, 2.75) is 58.1 Å². The van der Waals surface area contributed by atoms with E-state index < -0.39 is 17.7 Å². The number of amides is 1. The number of nitrogens with zero attached hydrogens (tertiary/aromatic N) is 5. The van der Waals surface area contributed by atoms with Gasteiger partial charge in [-0.1, -0.05) is 11.6 Å². The van der Waals surface area contributed by atoms with Crippen LogP contribution in [0.5, 0.6) is 0 Å². The van der Waals surface area contributed by atoms with Crippen LogP contribution in [-0.2, 0) is 4.74 Å². The molecule has 1 aliphatic rings. The van der Waals surface area contributed by atoms with Crippen molar-refractivity contribution in [1.29, 1.82) is 0 Å². The highest BCUT2D eigenvalue weighted by Crippen LogP contribution is 2.38. The lowest BCUT2D eigenvalue weighted by Gasteiger charge is -2.21. The molecule has 0 aromatic carbocycles. The molecule has 0 bridgehead atoms. The van der Waals surface area contributed by atoms with Crippen LogP contribution in [0.3, 0.4) is 0 Å². The van der Waals surface area contributed by atoms with E-state index in [2.05, 4.69) is 25.4 Å². The molecule has 3 rings (SSSR count). The zero-order valence-electron chi connectivity index (χ0n) is 14.7. The zero-order chi connectivity index (χ0) is 18.2. The Morgan fingerprint density at radius 2 is 2.12 bits per heavy atom. The van der Waals surface area contributed by atoms with Crippen LogP contribution in [0.2, 0.25) is 5.15 Å². The van der Waals surface area contributed by atoms with Crippen molar-refractivity contribution >= 4 is 17.7 Å². The first-order chi connectivity index (χ1) is 11.7. The summed E-state index contributed by atoms with van der Waals surface area (Å²) in [7, 11) is 0. The molecule has 0 unspecified atom stereocenters. The van der Waals surface area contributed by atoms with Crippen molar-refractivity contribution in [2.75, 3.05) is 0 Å². The normalized spacial score (nSPS) is 15.7. The minimum atomic E-state index is -0.573. The predicted octanol–water partition coefficient (Wildman–Crippen LogP) is 3.17. The van der Waals surface area contributed by atoms with Crippen LogP contribution in [0.15, 0.2) is 12.4 Å². The van der Waals surface area contributed by atoms with Gasteiger partial charge in [-0.05, 0) is 40.5 Å². The zero-order valence-corrected chi connectivity index (χ0v) is 15.4. The molecule has 134 valence electrons. The third-order valence-corrected chi connectivity index (χ3v) is 3.75. The monoisotopic (exact) mass is 364 g/mol. The third kappa shape index (κ3) is 4.45. The standard InChI is InChI=1S/C16H21ClN6O2/c1-9(20-15(24)25-16(2,3)4)14-21-13(10-5-6-10)22-23(14)12-7-11(17)18-8-19-12/h7-10H,5-6H2,1-4H3,(H,20,24)/t9-/m0/s1. The number of hydrogen-bond acceptors (Lipinski definition) is 6. The van der Waals surface area contributed by atoms with Crippen LogP contribution < -0.4 is 5.32 Å². The first-order valence-electron chi connectivity index (χ1n) is 8.17. The van der Waals surface area contributed by atoms with Gasteiger partial charge in [0.05, 0.1) is 6.04 Å². The average molecular weight is 365 g/mol. The first-order valence-corrected chi connectivity index (χ1v) is 8.55. The number of halogens is 1. The van der Waals surface area contributed by atoms with E-state index in [1.807, 2.05) is 27.7 Å². The summed E-state index contributed by atoms with van der Waals surface area (Å²) in [5, 5.41) is 7.65. The Morgan fingerprint density at radius 1 is 1.40 bits per heavy atom. The Hall–Kier alpha value is -2.22. The number of nitrogens with one attached hydrogen (secondary N) is 1. The Balaban J connectivity index is 1.87. The average Bonchev–Trinajstić information content (AvgIpc) is 3.23. The van der Waals surface area contributed by atoms with Crippen molar-refractivity contribution in [3.05, 3.63) is 29.2 Å². The summed E-state index contributed by atoms with van der Waals surface area (Å²) < 4.78 is 6.91. The lowest BCUT2D eigenvalue weighted by atomic mass is 10.2. The summed E-state index contributed by atoms with van der Waals surface area (Å²) in [6.45, 7) is 7.26. The Morgan fingerprint density at radius 3 is 2.72 bits per heavy atom. The molecular formula is C16H21ClN6O2. The summed E-state index contributed by atoms with van der Waals surface area (Å²) >= 11 is 5.96. The fourth-order valence-electron chi connectivity index (χ4n) is 2.29. The summed E-state index contributed by atoms with van der Waals surface area (Å²) in [4.78, 5) is 24.8. The molecule has 1 amide bonds. The molecule has 0 spiro atoms. The van der Waals surface area contributed by atoms with Crippen molar-refractivity contribution in [2.24, 2.45) is 0 Å². The molecule has 1 saturated carbocycles. The molecule has 25 heavy (non-hydrogen) atoms. The smallest absolute Gasteiger partial charge is 0.408 e. The second kappa shape index (κ2) is 6.59. The van der Waals surface area contributed by atoms with Crippen molar-refractivity contribution in [3.8, 4) is 5.82 Å². The van der Waals surface area contributed by atoms with Crippen molar-refractivity contribution in [3.63, 3.8) is 0 Å². The SMILES string of the molecule is C[C@H](NC(=O)OC(C)(C)C)c1nc(C2CC2)nn1-c1cc(Cl)ncn1. The Labute approximate surface area is 151 Å². The van der Waals surface area contributed by atoms with E-state index in [-0.39, 0.29) is 0 Å². The molecule has 2 heterocycles. The molecular weight excluding hydrogens is 344 g/mol. The maximum absolute atomic E-state index is 12.1. The number of carbonyl (C=O) groups excluding carboxylic acids is 1. The Bertz CT molecular complexity index is 781. The number of rotatable bonds is 4. The third-order valence-electron chi connectivity index (χ3n) is 3.55. The molecule has 0 radical (unpaired) electrons. The molecule has 1 aliphatic carbocycles. The van der Waals surface area contributed by atoms with Gasteiger partial charge in [-0.2, -0.15) is 4.68 Å². The molecule has 9 heteroatoms. The number of ether oxygens (including phenoxy) is 1.